The third-order valence-electron chi connectivity index (χ3n) is 6.05. The topological polar surface area (TPSA) is 72.4 Å². The lowest BCUT2D eigenvalue weighted by Gasteiger charge is -2.34. The van der Waals surface area contributed by atoms with Gasteiger partial charge in [0, 0.05) is 65.8 Å². The Bertz CT molecular complexity index is 737. The van der Waals surface area contributed by atoms with Crippen LogP contribution >= 0.6 is 24.0 Å². The van der Waals surface area contributed by atoms with Crippen LogP contribution in [0.25, 0.3) is 0 Å². The highest BCUT2D eigenvalue weighted by Crippen LogP contribution is 2.22. The first-order valence-electron chi connectivity index (χ1n) is 11.6. The highest BCUT2D eigenvalue weighted by atomic mass is 127. The molecule has 186 valence electrons. The molecule has 0 aromatic heterocycles. The van der Waals surface area contributed by atoms with Crippen LogP contribution in [0, 0.1) is 5.82 Å². The van der Waals surface area contributed by atoms with E-state index >= 15 is 0 Å². The zero-order chi connectivity index (χ0) is 22.8. The molecule has 2 N–H and O–H groups in total. The molecule has 2 fully saturated rings. The maximum atomic E-state index is 13.5. The number of carbonyl (C=O) groups excluding carboxylic acids is 1. The maximum absolute atomic E-state index is 13.5. The van der Waals surface area contributed by atoms with Crippen molar-refractivity contribution in [2.45, 2.75) is 19.9 Å². The number of aliphatic imine (C=N–C) groups is 1. The van der Waals surface area contributed by atoms with Gasteiger partial charge in [0.15, 0.2) is 5.96 Å². The first-order valence-corrected chi connectivity index (χ1v) is 11.6. The summed E-state index contributed by atoms with van der Waals surface area (Å²) in [6.07, 6.45) is 0. The Morgan fingerprint density at radius 2 is 1.76 bits per heavy atom. The quantitative estimate of drug-likeness (QED) is 0.278. The van der Waals surface area contributed by atoms with E-state index < -0.39 is 0 Å². The van der Waals surface area contributed by atoms with Crippen LogP contribution in [0.15, 0.2) is 29.3 Å². The van der Waals surface area contributed by atoms with E-state index in [-0.39, 0.29) is 41.7 Å². The second kappa shape index (κ2) is 14.7. The molecule has 3 rings (SSSR count). The molecule has 1 amide bonds. The molecule has 0 aliphatic carbocycles. The van der Waals surface area contributed by atoms with Gasteiger partial charge in [-0.15, -0.1) is 24.0 Å². The van der Waals surface area contributed by atoms with Crippen LogP contribution < -0.4 is 10.6 Å². The average Bonchev–Trinajstić information content (AvgIpc) is 2.81. The van der Waals surface area contributed by atoms with Crippen LogP contribution in [-0.2, 0) is 9.53 Å². The van der Waals surface area contributed by atoms with E-state index in [0.29, 0.717) is 19.8 Å². The molecule has 0 radical (unpaired) electrons. The van der Waals surface area contributed by atoms with Crippen LogP contribution in [0.1, 0.15) is 25.5 Å². The Morgan fingerprint density at radius 3 is 2.36 bits per heavy atom. The molecule has 2 heterocycles. The van der Waals surface area contributed by atoms with Crippen LogP contribution in [0.5, 0.6) is 0 Å². The molecule has 10 heteroatoms. The molecule has 8 nitrogen and oxygen atoms in total. The minimum absolute atomic E-state index is 0. The van der Waals surface area contributed by atoms with E-state index in [0.717, 1.165) is 70.4 Å². The number of rotatable bonds is 8. The lowest BCUT2D eigenvalue weighted by molar-refractivity contribution is -0.130. The first-order chi connectivity index (χ1) is 15.6. The number of carbonyl (C=O) groups is 1. The van der Waals surface area contributed by atoms with Gasteiger partial charge in [0.05, 0.1) is 25.8 Å². The van der Waals surface area contributed by atoms with Crippen molar-refractivity contribution in [3.63, 3.8) is 0 Å². The van der Waals surface area contributed by atoms with Crippen LogP contribution in [-0.4, -0.2) is 105 Å². The zero-order valence-electron chi connectivity index (χ0n) is 19.8. The molecule has 2 aliphatic heterocycles. The van der Waals surface area contributed by atoms with Crippen LogP contribution in [0.2, 0.25) is 0 Å². The summed E-state index contributed by atoms with van der Waals surface area (Å²) >= 11 is 0. The largest absolute Gasteiger partial charge is 0.379 e. The van der Waals surface area contributed by atoms with Gasteiger partial charge in [0.2, 0.25) is 5.91 Å². The number of morpholine rings is 1. The van der Waals surface area contributed by atoms with E-state index in [1.807, 2.05) is 17.0 Å². The highest BCUT2D eigenvalue weighted by Gasteiger charge is 2.23. The number of piperazine rings is 1. The summed E-state index contributed by atoms with van der Waals surface area (Å²) in [5.41, 5.74) is 1.07. The number of halogens is 2. The summed E-state index contributed by atoms with van der Waals surface area (Å²) in [6, 6.07) is 6.82. The first kappa shape index (κ1) is 27.7. The molecule has 1 unspecified atom stereocenters. The Balaban J connectivity index is 0.00000385. The van der Waals surface area contributed by atoms with Gasteiger partial charge in [-0.3, -0.25) is 19.6 Å². The van der Waals surface area contributed by atoms with Crippen molar-refractivity contribution in [3.05, 3.63) is 35.6 Å². The number of hydrogen-bond donors (Lipinski definition) is 2. The Hall–Kier alpha value is -1.50. The Labute approximate surface area is 213 Å². The van der Waals surface area contributed by atoms with Crippen molar-refractivity contribution in [1.29, 1.82) is 0 Å². The Kier molecular flexibility index (Phi) is 12.4. The second-order valence-corrected chi connectivity index (χ2v) is 8.21. The third-order valence-corrected chi connectivity index (χ3v) is 6.05. The normalized spacial score (nSPS) is 19.0. The standard InChI is InChI=1S/C23H37FN6O2.HI/c1-3-25-23(26-8-9-28-10-12-29(13-11-28)19(2)31)27-18-22(30-14-16-32-17-15-30)20-4-6-21(24)7-5-20;/h4-7,22H,3,8-18H2,1-2H3,(H2,25,26,27);1H. The highest BCUT2D eigenvalue weighted by molar-refractivity contribution is 14.0. The molecule has 2 aliphatic rings. The van der Waals surface area contributed by atoms with Gasteiger partial charge in [-0.25, -0.2) is 4.39 Å². The summed E-state index contributed by atoms with van der Waals surface area (Å²) in [7, 11) is 0. The molecule has 1 aromatic rings. The fourth-order valence-electron chi connectivity index (χ4n) is 4.14. The van der Waals surface area contributed by atoms with Gasteiger partial charge >= 0.3 is 0 Å². The molecule has 1 aromatic carbocycles. The van der Waals surface area contributed by atoms with E-state index in [2.05, 4.69) is 27.4 Å². The van der Waals surface area contributed by atoms with Gasteiger partial charge in [-0.05, 0) is 24.6 Å². The number of benzene rings is 1. The number of guanidine groups is 1. The molecule has 0 saturated carbocycles. The van der Waals surface area contributed by atoms with E-state index in [9.17, 15) is 9.18 Å². The average molecular weight is 576 g/mol. The van der Waals surface area contributed by atoms with Crippen molar-refractivity contribution >= 4 is 35.8 Å². The number of nitrogens with one attached hydrogen (secondary N) is 2. The lowest BCUT2D eigenvalue weighted by Crippen LogP contribution is -2.50. The molecule has 1 atom stereocenters. The summed E-state index contributed by atoms with van der Waals surface area (Å²) in [5, 5.41) is 6.76. The van der Waals surface area contributed by atoms with Crippen molar-refractivity contribution in [1.82, 2.24) is 25.3 Å². The minimum atomic E-state index is -0.225. The lowest BCUT2D eigenvalue weighted by atomic mass is 10.0. The van der Waals surface area contributed by atoms with Crippen LogP contribution in [0.3, 0.4) is 0 Å². The monoisotopic (exact) mass is 576 g/mol. The molecule has 2 saturated heterocycles. The van der Waals surface area contributed by atoms with Crippen LogP contribution in [0.4, 0.5) is 4.39 Å². The summed E-state index contributed by atoms with van der Waals surface area (Å²) < 4.78 is 19.0. The number of ether oxygens (including phenoxy) is 1. The van der Waals surface area contributed by atoms with Gasteiger partial charge in [-0.2, -0.15) is 0 Å². The van der Waals surface area contributed by atoms with Crippen molar-refractivity contribution in [2.75, 3.05) is 78.7 Å². The fourth-order valence-corrected chi connectivity index (χ4v) is 4.14. The molecular formula is C23H38FIN6O2. The molecule has 0 spiro atoms. The SMILES string of the molecule is CCNC(=NCC(c1ccc(F)cc1)N1CCOCC1)NCCN1CCN(C(C)=O)CC1.I. The van der Waals surface area contributed by atoms with E-state index in [1.54, 1.807) is 6.92 Å². The Morgan fingerprint density at radius 1 is 1.09 bits per heavy atom. The molecule has 0 bridgehead atoms. The predicted molar refractivity (Wildman–Crippen MR) is 140 cm³/mol. The fraction of sp³-hybridized carbons (Fsp3) is 0.652. The van der Waals surface area contributed by atoms with Crippen molar-refractivity contribution < 1.29 is 13.9 Å². The van der Waals surface area contributed by atoms with Gasteiger partial charge in [0.1, 0.15) is 5.82 Å². The summed E-state index contributed by atoms with van der Waals surface area (Å²) in [4.78, 5) is 23.0. The summed E-state index contributed by atoms with van der Waals surface area (Å²) in [6.45, 7) is 13.2. The maximum Gasteiger partial charge on any atom is 0.219 e. The number of hydrogen-bond acceptors (Lipinski definition) is 5. The van der Waals surface area contributed by atoms with E-state index in [4.69, 9.17) is 9.73 Å². The van der Waals surface area contributed by atoms with Gasteiger partial charge < -0.3 is 20.3 Å². The van der Waals surface area contributed by atoms with Crippen molar-refractivity contribution in [3.8, 4) is 0 Å². The number of amides is 1. The smallest absolute Gasteiger partial charge is 0.219 e. The van der Waals surface area contributed by atoms with Gasteiger partial charge in [0.25, 0.3) is 0 Å². The minimum Gasteiger partial charge on any atom is -0.379 e. The summed E-state index contributed by atoms with van der Waals surface area (Å²) in [5.74, 6) is 0.715. The van der Waals surface area contributed by atoms with E-state index in [1.165, 1.54) is 12.1 Å². The molecule has 33 heavy (non-hydrogen) atoms. The van der Waals surface area contributed by atoms with Crippen molar-refractivity contribution in [2.24, 2.45) is 4.99 Å². The second-order valence-electron chi connectivity index (χ2n) is 8.21. The number of nitrogens with zero attached hydrogens (tertiary/aromatic N) is 4. The van der Waals surface area contributed by atoms with Gasteiger partial charge in [-0.1, -0.05) is 12.1 Å². The molecular weight excluding hydrogens is 538 g/mol. The predicted octanol–water partition coefficient (Wildman–Crippen LogP) is 1.54. The zero-order valence-corrected chi connectivity index (χ0v) is 22.1. The third kappa shape index (κ3) is 8.99.